The van der Waals surface area contributed by atoms with Gasteiger partial charge < -0.3 is 72.2 Å². The number of hydrogen-bond donors (Lipinski definition) is 3. The Bertz CT molecular complexity index is 2510. The molecule has 0 aliphatic carbocycles. The van der Waals surface area contributed by atoms with Crippen LogP contribution in [0.1, 0.15) is 44.4 Å². The molecule has 3 N–H and O–H groups in total. The summed E-state index contributed by atoms with van der Waals surface area (Å²) < 4.78 is 61.2. The Kier molecular flexibility index (Phi) is 29.5. The minimum Gasteiger partial charge on any atom is -0.491 e. The average Bonchev–Trinajstić information content (AvgIpc) is 3.63. The summed E-state index contributed by atoms with van der Waals surface area (Å²) in [5.74, 6) is -6.39. The largest absolute Gasteiger partial charge is 0.491 e. The third-order valence-electron chi connectivity index (χ3n) is 10.7. The summed E-state index contributed by atoms with van der Waals surface area (Å²) in [6.45, 7) is 13.0. The molecule has 0 saturated heterocycles. The Morgan fingerprint density at radius 1 is 0.361 bits per heavy atom. The van der Waals surface area contributed by atoms with Gasteiger partial charge >= 0.3 is 53.7 Å². The molecule has 3 aromatic rings. The Labute approximate surface area is 478 Å². The van der Waals surface area contributed by atoms with Crippen LogP contribution in [0.25, 0.3) is 0 Å². The molecule has 446 valence electrons. The molecular weight excluding hydrogens is 1090 g/mol. The van der Waals surface area contributed by atoms with Gasteiger partial charge in [0.2, 0.25) is 0 Å². The van der Waals surface area contributed by atoms with Crippen LogP contribution in [-0.2, 0) is 91.2 Å². The topological polar surface area (TPSA) is 325 Å². The first-order valence-corrected chi connectivity index (χ1v) is 25.2. The van der Waals surface area contributed by atoms with Crippen molar-refractivity contribution in [3.05, 3.63) is 162 Å². The second-order valence-electron chi connectivity index (χ2n) is 17.7. The maximum atomic E-state index is 12.1. The number of esters is 9. The minimum atomic E-state index is -1.26. The van der Waals surface area contributed by atoms with Gasteiger partial charge in [0.25, 0.3) is 0 Å². The summed E-state index contributed by atoms with van der Waals surface area (Å²) in [6.07, 6.45) is 1.07. The maximum Gasteiger partial charge on any atom is 0.333 e. The van der Waals surface area contributed by atoms with Gasteiger partial charge in [-0.1, -0.05) is 56.1 Å². The molecule has 0 aromatic heterocycles. The number of ether oxygens (including phenoxy) is 12. The van der Waals surface area contributed by atoms with Crippen LogP contribution in [0.15, 0.2) is 146 Å². The van der Waals surface area contributed by atoms with Crippen LogP contribution in [-0.4, -0.2) is 167 Å². The van der Waals surface area contributed by atoms with E-state index >= 15 is 0 Å². The smallest absolute Gasteiger partial charge is 0.333 e. The third kappa shape index (κ3) is 26.6. The van der Waals surface area contributed by atoms with Gasteiger partial charge in [0.15, 0.2) is 0 Å². The second-order valence-corrected chi connectivity index (χ2v) is 17.7. The molecule has 24 heteroatoms. The number of carbonyl (C=O) groups is 9. The van der Waals surface area contributed by atoms with Gasteiger partial charge in [0, 0.05) is 58.6 Å². The van der Waals surface area contributed by atoms with Crippen molar-refractivity contribution in [3.63, 3.8) is 0 Å². The molecule has 0 bridgehead atoms. The van der Waals surface area contributed by atoms with Gasteiger partial charge in [-0.15, -0.1) is 0 Å². The molecule has 3 atom stereocenters. The van der Waals surface area contributed by atoms with E-state index in [1.54, 1.807) is 72.8 Å². The zero-order valence-electron chi connectivity index (χ0n) is 46.1. The molecule has 0 heterocycles. The van der Waals surface area contributed by atoms with Crippen LogP contribution >= 0.6 is 0 Å². The standard InChI is InChI=1S/C59H66O24/c1-38(2)56(69)75-29-26-72-50(63)20-23-53(66)81-35-44(60)32-78-47-14-8-41(9-15-47)59(7,42-10-16-48(17-11-42)79-33-45(61)36-82-54(67)24-21-51(64)73-27-30-76-57(70)39(3)4)43-12-18-49(19-13-43)80-34-46(62)37-83-55(68)25-22-52(65)74-28-31-77-58(71)40(5)6/h8-25,44-46,60-62H,1,3,5,26-37H2,2,4,6-7H3. The Hall–Kier alpha value is -9.39. The van der Waals surface area contributed by atoms with Gasteiger partial charge in [-0.2, -0.15) is 0 Å². The number of benzene rings is 3. The number of rotatable bonds is 36. The predicted octanol–water partition coefficient (Wildman–Crippen LogP) is 3.55. The van der Waals surface area contributed by atoms with E-state index in [9.17, 15) is 58.5 Å². The summed E-state index contributed by atoms with van der Waals surface area (Å²) in [7, 11) is 0. The highest BCUT2D eigenvalue weighted by Gasteiger charge is 2.32. The molecule has 0 aliphatic heterocycles. The van der Waals surface area contributed by atoms with Gasteiger partial charge in [-0.05, 0) is 80.8 Å². The molecule has 3 unspecified atom stereocenters. The van der Waals surface area contributed by atoms with Gasteiger partial charge in [0.1, 0.15) is 115 Å². The van der Waals surface area contributed by atoms with Crippen LogP contribution in [0, 0.1) is 0 Å². The lowest BCUT2D eigenvalue weighted by Crippen LogP contribution is -2.26. The van der Waals surface area contributed by atoms with Crippen molar-refractivity contribution in [1.82, 2.24) is 0 Å². The van der Waals surface area contributed by atoms with Crippen molar-refractivity contribution in [2.24, 2.45) is 0 Å². The highest BCUT2D eigenvalue weighted by atomic mass is 16.6. The van der Waals surface area contributed by atoms with Gasteiger partial charge in [-0.3, -0.25) is 0 Å². The van der Waals surface area contributed by atoms with E-state index < -0.39 is 97.3 Å². The van der Waals surface area contributed by atoms with Crippen molar-refractivity contribution < 1.29 is 115 Å². The molecule has 0 radical (unpaired) electrons. The van der Waals surface area contributed by atoms with E-state index in [0.717, 1.165) is 53.1 Å². The van der Waals surface area contributed by atoms with E-state index in [1.165, 1.54) is 20.8 Å². The van der Waals surface area contributed by atoms with Gasteiger partial charge in [-0.25, -0.2) is 43.2 Å². The molecule has 83 heavy (non-hydrogen) atoms. The van der Waals surface area contributed by atoms with Crippen LogP contribution in [0.4, 0.5) is 0 Å². The lowest BCUT2D eigenvalue weighted by atomic mass is 9.71. The second kappa shape index (κ2) is 36.1. The number of hydrogen-bond acceptors (Lipinski definition) is 24. The average molecular weight is 1160 g/mol. The van der Waals surface area contributed by atoms with E-state index in [2.05, 4.69) is 19.7 Å². The molecule has 0 spiro atoms. The zero-order chi connectivity index (χ0) is 61.3. The predicted molar refractivity (Wildman–Crippen MR) is 290 cm³/mol. The highest BCUT2D eigenvalue weighted by molar-refractivity contribution is 5.93. The third-order valence-corrected chi connectivity index (χ3v) is 10.7. The fourth-order valence-corrected chi connectivity index (χ4v) is 6.31. The molecular formula is C59H66O24. The summed E-state index contributed by atoms with van der Waals surface area (Å²) in [6, 6.07) is 20.8. The van der Waals surface area contributed by atoms with E-state index in [1.807, 2.05) is 6.92 Å². The first kappa shape index (κ1) is 67.9. The Morgan fingerprint density at radius 2 is 0.566 bits per heavy atom. The Morgan fingerprint density at radius 3 is 0.783 bits per heavy atom. The maximum absolute atomic E-state index is 12.1. The van der Waals surface area contributed by atoms with Crippen LogP contribution in [0.5, 0.6) is 17.2 Å². The lowest BCUT2D eigenvalue weighted by molar-refractivity contribution is -0.147. The van der Waals surface area contributed by atoms with Crippen molar-refractivity contribution in [3.8, 4) is 17.2 Å². The quantitative estimate of drug-likeness (QED) is 0.0246. The first-order chi connectivity index (χ1) is 39.5. The number of carbonyl (C=O) groups excluding carboxylic acids is 9. The van der Waals surface area contributed by atoms with Crippen molar-refractivity contribution in [2.75, 3.05) is 79.3 Å². The van der Waals surface area contributed by atoms with Crippen LogP contribution in [0.2, 0.25) is 0 Å². The summed E-state index contributed by atoms with van der Waals surface area (Å²) >= 11 is 0. The number of aliphatic hydroxyl groups is 3. The molecule has 0 fully saturated rings. The zero-order valence-corrected chi connectivity index (χ0v) is 46.1. The monoisotopic (exact) mass is 1160 g/mol. The Balaban J connectivity index is 1.64. The van der Waals surface area contributed by atoms with Crippen molar-refractivity contribution >= 4 is 53.7 Å². The van der Waals surface area contributed by atoms with E-state index in [0.29, 0.717) is 17.2 Å². The number of aliphatic hydroxyl groups excluding tert-OH is 3. The summed E-state index contributed by atoms with van der Waals surface area (Å²) in [5.41, 5.74) is 1.89. The normalized spacial score (nSPS) is 12.8. The lowest BCUT2D eigenvalue weighted by Gasteiger charge is -2.32. The van der Waals surface area contributed by atoms with Crippen LogP contribution in [0.3, 0.4) is 0 Å². The van der Waals surface area contributed by atoms with Gasteiger partial charge in [0.05, 0.1) is 0 Å². The molecule has 0 saturated carbocycles. The molecule has 0 aliphatic rings. The minimum absolute atomic E-state index is 0.177. The highest BCUT2D eigenvalue weighted by Crippen LogP contribution is 2.40. The molecule has 3 rings (SSSR count). The molecule has 0 amide bonds. The fourth-order valence-electron chi connectivity index (χ4n) is 6.31. The van der Waals surface area contributed by atoms with Crippen molar-refractivity contribution in [1.29, 1.82) is 0 Å². The van der Waals surface area contributed by atoms with E-state index in [4.69, 9.17) is 56.8 Å². The molecule has 3 aromatic carbocycles. The van der Waals surface area contributed by atoms with Crippen LogP contribution < -0.4 is 14.2 Å². The SMILES string of the molecule is C=C(C)C(=O)OCCOC(=O)C=CC(=O)OCC(O)COc1ccc(C(C)(c2ccc(OCC(O)COC(=O)C=CC(=O)OCCOC(=O)C(=C)C)cc2)c2ccc(OCC(O)COC(=O)C=CC(=O)OCCOC(=O)C(=C)C)cc2)cc1. The molecule has 24 nitrogen and oxygen atoms in total. The van der Waals surface area contributed by atoms with Crippen molar-refractivity contribution in [2.45, 2.75) is 51.4 Å². The fraction of sp³-hybridized carbons (Fsp3) is 0.339. The summed E-state index contributed by atoms with van der Waals surface area (Å²) in [4.78, 5) is 106. The summed E-state index contributed by atoms with van der Waals surface area (Å²) in [5, 5.41) is 31.5. The van der Waals surface area contributed by atoms with E-state index in [-0.39, 0.29) is 76.2 Å². The first-order valence-electron chi connectivity index (χ1n) is 25.2.